The minimum Gasteiger partial charge on any atom is -0.497 e. The van der Waals surface area contributed by atoms with Crippen LogP contribution in [0.25, 0.3) is 0 Å². The van der Waals surface area contributed by atoms with Gasteiger partial charge in [-0.2, -0.15) is 0 Å². The van der Waals surface area contributed by atoms with Crippen LogP contribution >= 0.6 is 0 Å². The number of pyridine rings is 1. The van der Waals surface area contributed by atoms with Crippen LogP contribution in [0.3, 0.4) is 0 Å². The highest BCUT2D eigenvalue weighted by molar-refractivity contribution is 5.94. The lowest BCUT2D eigenvalue weighted by atomic mass is 9.87. The van der Waals surface area contributed by atoms with Crippen molar-refractivity contribution in [1.29, 1.82) is 0 Å². The van der Waals surface area contributed by atoms with Gasteiger partial charge >= 0.3 is 0 Å². The zero-order chi connectivity index (χ0) is 18.6. The highest BCUT2D eigenvalue weighted by Gasteiger charge is 2.22. The van der Waals surface area contributed by atoms with Gasteiger partial charge in [0.1, 0.15) is 11.6 Å². The number of amides is 1. The number of nitrogens with one attached hydrogen (secondary N) is 1. The molecule has 6 nitrogen and oxygen atoms in total. The second kappa shape index (κ2) is 7.96. The largest absolute Gasteiger partial charge is 0.497 e. The quantitative estimate of drug-likeness (QED) is 0.900. The Morgan fingerprint density at radius 3 is 2.85 bits per heavy atom. The molecule has 1 unspecified atom stereocenters. The fourth-order valence-corrected chi connectivity index (χ4v) is 3.80. The van der Waals surface area contributed by atoms with Crippen molar-refractivity contribution in [1.82, 2.24) is 9.88 Å². The van der Waals surface area contributed by atoms with E-state index in [4.69, 9.17) is 9.47 Å². The van der Waals surface area contributed by atoms with Crippen LogP contribution in [0.5, 0.6) is 5.75 Å². The number of carbonyl (C=O) groups is 1. The molecule has 1 aliphatic carbocycles. The van der Waals surface area contributed by atoms with Gasteiger partial charge in [-0.3, -0.25) is 4.79 Å². The Labute approximate surface area is 159 Å². The summed E-state index contributed by atoms with van der Waals surface area (Å²) in [6.45, 7) is 2.48. The second-order valence-corrected chi connectivity index (χ2v) is 6.99. The minimum absolute atomic E-state index is 0.0208. The Morgan fingerprint density at radius 1 is 1.26 bits per heavy atom. The van der Waals surface area contributed by atoms with E-state index >= 15 is 0 Å². The van der Waals surface area contributed by atoms with Gasteiger partial charge < -0.3 is 19.7 Å². The summed E-state index contributed by atoms with van der Waals surface area (Å²) in [6, 6.07) is 10.3. The van der Waals surface area contributed by atoms with Crippen molar-refractivity contribution in [2.45, 2.75) is 25.3 Å². The number of aromatic nitrogens is 1. The smallest absolute Gasteiger partial charge is 0.255 e. The van der Waals surface area contributed by atoms with E-state index in [1.54, 1.807) is 13.3 Å². The number of aryl methyl sites for hydroxylation is 1. The van der Waals surface area contributed by atoms with Gasteiger partial charge in [-0.1, -0.05) is 6.07 Å². The lowest BCUT2D eigenvalue weighted by Gasteiger charge is -2.28. The van der Waals surface area contributed by atoms with Crippen molar-refractivity contribution < 1.29 is 14.3 Å². The highest BCUT2D eigenvalue weighted by Crippen LogP contribution is 2.34. The van der Waals surface area contributed by atoms with E-state index in [9.17, 15) is 4.79 Å². The van der Waals surface area contributed by atoms with E-state index in [2.05, 4.69) is 22.4 Å². The summed E-state index contributed by atoms with van der Waals surface area (Å²) >= 11 is 0. The number of nitrogens with zero attached hydrogens (tertiary/aromatic N) is 2. The first-order chi connectivity index (χ1) is 13.2. The molecular formula is C21H25N3O3. The van der Waals surface area contributed by atoms with Crippen molar-refractivity contribution in [2.24, 2.45) is 0 Å². The maximum absolute atomic E-state index is 12.5. The molecule has 4 rings (SSSR count). The average molecular weight is 367 g/mol. The third kappa shape index (κ3) is 3.90. The first-order valence-electron chi connectivity index (χ1n) is 9.51. The van der Waals surface area contributed by atoms with Gasteiger partial charge in [0, 0.05) is 19.3 Å². The SMILES string of the molecule is COc1ccc2c(c1)CCCC2Nc1ccc(C(=O)N2CCOCC2)cn1. The number of hydrogen-bond acceptors (Lipinski definition) is 5. The predicted octanol–water partition coefficient (Wildman–Crippen LogP) is 3.05. The van der Waals surface area contributed by atoms with Crippen LogP contribution in [0.2, 0.25) is 0 Å². The van der Waals surface area contributed by atoms with Gasteiger partial charge in [-0.05, 0) is 54.7 Å². The molecule has 2 aliphatic rings. The van der Waals surface area contributed by atoms with E-state index in [0.717, 1.165) is 30.8 Å². The number of rotatable bonds is 4. The normalized spacial score (nSPS) is 19.3. The molecule has 1 aliphatic heterocycles. The van der Waals surface area contributed by atoms with Crippen molar-refractivity contribution >= 4 is 11.7 Å². The average Bonchev–Trinajstić information content (AvgIpc) is 2.74. The topological polar surface area (TPSA) is 63.7 Å². The lowest BCUT2D eigenvalue weighted by Crippen LogP contribution is -2.40. The Hall–Kier alpha value is -2.60. The third-order valence-corrected chi connectivity index (χ3v) is 5.30. The van der Waals surface area contributed by atoms with Gasteiger partial charge in [-0.25, -0.2) is 4.98 Å². The summed E-state index contributed by atoms with van der Waals surface area (Å²) in [6.07, 6.45) is 4.93. The molecule has 1 aromatic heterocycles. The maximum Gasteiger partial charge on any atom is 0.255 e. The number of hydrogen-bond donors (Lipinski definition) is 1. The standard InChI is InChI=1S/C21H25N3O3/c1-26-17-6-7-18-15(13-17)3-2-4-19(18)23-20-8-5-16(14-22-20)21(25)24-9-11-27-12-10-24/h5-8,13-14,19H,2-4,9-12H2,1H3,(H,22,23). The van der Waals surface area contributed by atoms with Gasteiger partial charge in [-0.15, -0.1) is 0 Å². The molecule has 0 bridgehead atoms. The predicted molar refractivity (Wildman–Crippen MR) is 103 cm³/mol. The van der Waals surface area contributed by atoms with E-state index in [0.29, 0.717) is 31.9 Å². The summed E-state index contributed by atoms with van der Waals surface area (Å²) in [5, 5.41) is 3.52. The van der Waals surface area contributed by atoms with Crippen molar-refractivity contribution in [3.8, 4) is 5.75 Å². The molecule has 1 fully saturated rings. The van der Waals surface area contributed by atoms with Crippen LogP contribution in [0.1, 0.15) is 40.4 Å². The molecule has 142 valence electrons. The summed E-state index contributed by atoms with van der Waals surface area (Å²) in [4.78, 5) is 18.8. The molecule has 1 saturated heterocycles. The molecule has 27 heavy (non-hydrogen) atoms. The minimum atomic E-state index is 0.0208. The van der Waals surface area contributed by atoms with Crippen molar-refractivity contribution in [2.75, 3.05) is 38.7 Å². The number of morpholine rings is 1. The van der Waals surface area contributed by atoms with Crippen molar-refractivity contribution in [3.05, 3.63) is 53.2 Å². The zero-order valence-electron chi connectivity index (χ0n) is 15.6. The molecule has 0 saturated carbocycles. The number of benzene rings is 1. The van der Waals surface area contributed by atoms with Gasteiger partial charge in [0.05, 0.1) is 31.9 Å². The number of ether oxygens (including phenoxy) is 2. The van der Waals surface area contributed by atoms with Crippen LogP contribution in [-0.4, -0.2) is 49.2 Å². The number of carbonyl (C=O) groups excluding carboxylic acids is 1. The Bertz CT molecular complexity index is 801. The van der Waals surface area contributed by atoms with E-state index in [1.165, 1.54) is 11.1 Å². The highest BCUT2D eigenvalue weighted by atomic mass is 16.5. The van der Waals surface area contributed by atoms with Crippen LogP contribution in [0.15, 0.2) is 36.5 Å². The van der Waals surface area contributed by atoms with Crippen LogP contribution in [0, 0.1) is 0 Å². The molecule has 1 amide bonds. The maximum atomic E-state index is 12.5. The Balaban J connectivity index is 1.45. The summed E-state index contributed by atoms with van der Waals surface area (Å²) in [5.41, 5.74) is 3.26. The summed E-state index contributed by atoms with van der Waals surface area (Å²) in [5.74, 6) is 1.72. The van der Waals surface area contributed by atoms with Gasteiger partial charge in [0.15, 0.2) is 0 Å². The van der Waals surface area contributed by atoms with Crippen LogP contribution < -0.4 is 10.1 Å². The van der Waals surface area contributed by atoms with Gasteiger partial charge in [0.2, 0.25) is 0 Å². The number of methoxy groups -OCH3 is 1. The zero-order valence-corrected chi connectivity index (χ0v) is 15.6. The first-order valence-corrected chi connectivity index (χ1v) is 9.51. The summed E-state index contributed by atoms with van der Waals surface area (Å²) in [7, 11) is 1.70. The second-order valence-electron chi connectivity index (χ2n) is 6.99. The molecule has 2 heterocycles. The summed E-state index contributed by atoms with van der Waals surface area (Å²) < 4.78 is 10.6. The lowest BCUT2D eigenvalue weighted by molar-refractivity contribution is 0.0302. The third-order valence-electron chi connectivity index (χ3n) is 5.30. The molecule has 1 N–H and O–H groups in total. The molecule has 2 aromatic rings. The molecule has 6 heteroatoms. The van der Waals surface area contributed by atoms with Crippen LogP contribution in [-0.2, 0) is 11.2 Å². The molecule has 1 aromatic carbocycles. The Kier molecular flexibility index (Phi) is 5.25. The number of fused-ring (bicyclic) bond motifs is 1. The van der Waals surface area contributed by atoms with Crippen LogP contribution in [0.4, 0.5) is 5.82 Å². The Morgan fingerprint density at radius 2 is 2.11 bits per heavy atom. The molecular weight excluding hydrogens is 342 g/mol. The number of anilines is 1. The molecule has 1 atom stereocenters. The molecule has 0 spiro atoms. The van der Waals surface area contributed by atoms with E-state index < -0.39 is 0 Å². The molecule has 0 radical (unpaired) electrons. The fraction of sp³-hybridized carbons (Fsp3) is 0.429. The fourth-order valence-electron chi connectivity index (χ4n) is 3.80. The van der Waals surface area contributed by atoms with E-state index in [1.807, 2.05) is 23.1 Å². The first kappa shape index (κ1) is 17.8. The van der Waals surface area contributed by atoms with Crippen molar-refractivity contribution in [3.63, 3.8) is 0 Å². The monoisotopic (exact) mass is 367 g/mol. The van der Waals surface area contributed by atoms with E-state index in [-0.39, 0.29) is 11.9 Å². The van der Waals surface area contributed by atoms with Gasteiger partial charge in [0.25, 0.3) is 5.91 Å².